The Morgan fingerprint density at radius 3 is 2.57 bits per heavy atom. The maximum Gasteiger partial charge on any atom is 0.165 e. The topological polar surface area (TPSA) is 51.2 Å². The number of thiophene rings is 1. The molecule has 2 aromatic carbocycles. The average Bonchev–Trinajstić information content (AvgIpc) is 3.16. The highest BCUT2D eigenvalue weighted by molar-refractivity contribution is 7.13. The van der Waals surface area contributed by atoms with Gasteiger partial charge in [-0.25, -0.2) is 0 Å². The monoisotopic (exact) mass is 397 g/mol. The van der Waals surface area contributed by atoms with E-state index in [2.05, 4.69) is 17.0 Å². The summed E-state index contributed by atoms with van der Waals surface area (Å²) >= 11 is 1.66. The van der Waals surface area contributed by atoms with Gasteiger partial charge in [0.15, 0.2) is 11.5 Å². The number of benzene rings is 2. The number of fused-ring (bicyclic) bond motifs is 1. The number of hydrogen-bond donors (Lipinski definition) is 1. The highest BCUT2D eigenvalue weighted by Gasteiger charge is 2.20. The molecule has 5 nitrogen and oxygen atoms in total. The van der Waals surface area contributed by atoms with Crippen LogP contribution in [0, 0.1) is 0 Å². The summed E-state index contributed by atoms with van der Waals surface area (Å²) in [6.45, 7) is 2.73. The van der Waals surface area contributed by atoms with E-state index in [-0.39, 0.29) is 5.75 Å². The van der Waals surface area contributed by atoms with Crippen molar-refractivity contribution in [3.8, 4) is 33.4 Å². The molecule has 146 valence electrons. The van der Waals surface area contributed by atoms with Gasteiger partial charge >= 0.3 is 0 Å². The molecule has 1 aliphatic heterocycles. The normalized spacial score (nSPS) is 14.1. The van der Waals surface area contributed by atoms with Crippen LogP contribution in [-0.4, -0.2) is 37.4 Å². The summed E-state index contributed by atoms with van der Waals surface area (Å²) in [4.78, 5) is 3.43. The number of nitrogens with zero attached hydrogens (tertiary/aromatic N) is 1. The molecule has 0 saturated carbocycles. The lowest BCUT2D eigenvalue weighted by Gasteiger charge is -2.20. The summed E-state index contributed by atoms with van der Waals surface area (Å²) in [5, 5.41) is 12.5. The molecule has 0 radical (unpaired) electrons. The minimum atomic E-state index is 0.200. The molecule has 0 unspecified atom stereocenters. The second-order valence-electron chi connectivity index (χ2n) is 6.74. The third-order valence-corrected chi connectivity index (χ3v) is 5.74. The first kappa shape index (κ1) is 18.7. The average molecular weight is 397 g/mol. The lowest BCUT2D eigenvalue weighted by molar-refractivity contribution is 0.217. The molecule has 0 bridgehead atoms. The first-order valence-electron chi connectivity index (χ1n) is 9.13. The summed E-state index contributed by atoms with van der Waals surface area (Å²) < 4.78 is 16.6. The second-order valence-corrected chi connectivity index (χ2v) is 7.69. The summed E-state index contributed by atoms with van der Waals surface area (Å²) in [5.74, 6) is 2.34. The van der Waals surface area contributed by atoms with E-state index in [0.29, 0.717) is 18.9 Å². The van der Waals surface area contributed by atoms with Crippen LogP contribution in [0.5, 0.6) is 23.0 Å². The number of rotatable bonds is 5. The molecule has 1 aromatic heterocycles. The number of ether oxygens (including phenoxy) is 3. The number of hydrogen-bond acceptors (Lipinski definition) is 6. The molecule has 28 heavy (non-hydrogen) atoms. The molecule has 0 spiro atoms. The fraction of sp³-hybridized carbons (Fsp3) is 0.273. The van der Waals surface area contributed by atoms with Crippen LogP contribution in [0.2, 0.25) is 0 Å². The molecular weight excluding hydrogens is 374 g/mol. The molecule has 2 heterocycles. The van der Waals surface area contributed by atoms with Crippen LogP contribution < -0.4 is 14.2 Å². The lowest BCUT2D eigenvalue weighted by atomic mass is 10.1. The Hall–Kier alpha value is -2.70. The Kier molecular flexibility index (Phi) is 5.41. The Morgan fingerprint density at radius 1 is 1.11 bits per heavy atom. The largest absolute Gasteiger partial charge is 0.504 e. The molecule has 1 N–H and O–H groups in total. The van der Waals surface area contributed by atoms with E-state index >= 15 is 0 Å². The van der Waals surface area contributed by atoms with E-state index in [1.807, 2.05) is 29.6 Å². The molecule has 1 aliphatic rings. The molecule has 6 heteroatoms. The van der Waals surface area contributed by atoms with Crippen LogP contribution in [0.3, 0.4) is 0 Å². The summed E-state index contributed by atoms with van der Waals surface area (Å²) in [6.07, 6.45) is 0. The lowest BCUT2D eigenvalue weighted by Crippen LogP contribution is -2.25. The van der Waals surface area contributed by atoms with Crippen molar-refractivity contribution in [3.05, 3.63) is 59.0 Å². The second kappa shape index (κ2) is 8.12. The van der Waals surface area contributed by atoms with Crippen molar-refractivity contribution >= 4 is 11.3 Å². The summed E-state index contributed by atoms with van der Waals surface area (Å²) in [5.41, 5.74) is 3.12. The Bertz CT molecular complexity index is 933. The van der Waals surface area contributed by atoms with Gasteiger partial charge in [-0.1, -0.05) is 6.07 Å². The fourth-order valence-electron chi connectivity index (χ4n) is 3.49. The van der Waals surface area contributed by atoms with E-state index < -0.39 is 0 Å². The maximum atomic E-state index is 10.5. The maximum absolute atomic E-state index is 10.5. The highest BCUT2D eigenvalue weighted by Crippen LogP contribution is 2.39. The van der Waals surface area contributed by atoms with Gasteiger partial charge < -0.3 is 19.3 Å². The standard InChI is InChI=1S/C22H23NO4S/c1-25-18-8-15(9-19(12-18)26-2)13-23-5-6-27-22-17(14-23)10-16(11-20(22)24)21-4-3-7-28-21/h3-4,7-12,24H,5-6,13-14H2,1-2H3. The predicted octanol–water partition coefficient (Wildman–Crippen LogP) is 4.53. The van der Waals surface area contributed by atoms with Gasteiger partial charge in [-0.05, 0) is 46.8 Å². The minimum Gasteiger partial charge on any atom is -0.504 e. The van der Waals surface area contributed by atoms with Gasteiger partial charge in [0.25, 0.3) is 0 Å². The minimum absolute atomic E-state index is 0.200. The van der Waals surface area contributed by atoms with Crippen molar-refractivity contribution in [2.75, 3.05) is 27.4 Å². The zero-order valence-corrected chi connectivity index (χ0v) is 16.8. The smallest absolute Gasteiger partial charge is 0.165 e. The fourth-order valence-corrected chi connectivity index (χ4v) is 4.20. The quantitative estimate of drug-likeness (QED) is 0.685. The van der Waals surface area contributed by atoms with E-state index in [1.54, 1.807) is 31.6 Å². The van der Waals surface area contributed by atoms with Gasteiger partial charge in [-0.15, -0.1) is 11.3 Å². The number of aromatic hydroxyl groups is 1. The van der Waals surface area contributed by atoms with Crippen LogP contribution in [0.15, 0.2) is 47.8 Å². The molecular formula is C22H23NO4S. The Morgan fingerprint density at radius 2 is 1.89 bits per heavy atom. The molecule has 0 amide bonds. The SMILES string of the molecule is COc1cc(CN2CCOc3c(O)cc(-c4cccs4)cc3C2)cc(OC)c1. The van der Waals surface area contributed by atoms with Crippen LogP contribution >= 0.6 is 11.3 Å². The third kappa shape index (κ3) is 3.93. The van der Waals surface area contributed by atoms with Gasteiger partial charge in [0.05, 0.1) is 14.2 Å². The van der Waals surface area contributed by atoms with Gasteiger partial charge in [0.1, 0.15) is 18.1 Å². The van der Waals surface area contributed by atoms with Crippen molar-refractivity contribution in [2.45, 2.75) is 13.1 Å². The van der Waals surface area contributed by atoms with Crippen molar-refractivity contribution in [3.63, 3.8) is 0 Å². The highest BCUT2D eigenvalue weighted by atomic mass is 32.1. The Balaban J connectivity index is 1.61. The van der Waals surface area contributed by atoms with Crippen molar-refractivity contribution < 1.29 is 19.3 Å². The van der Waals surface area contributed by atoms with Crippen LogP contribution in [0.1, 0.15) is 11.1 Å². The van der Waals surface area contributed by atoms with E-state index in [4.69, 9.17) is 14.2 Å². The van der Waals surface area contributed by atoms with Crippen LogP contribution in [0.4, 0.5) is 0 Å². The Labute approximate surface area is 168 Å². The number of methoxy groups -OCH3 is 2. The van der Waals surface area contributed by atoms with E-state index in [9.17, 15) is 5.11 Å². The first-order valence-corrected chi connectivity index (χ1v) is 10.0. The van der Waals surface area contributed by atoms with Gasteiger partial charge in [-0.2, -0.15) is 0 Å². The van der Waals surface area contributed by atoms with Gasteiger partial charge in [-0.3, -0.25) is 4.90 Å². The van der Waals surface area contributed by atoms with Crippen LogP contribution in [0.25, 0.3) is 10.4 Å². The predicted molar refractivity (Wildman–Crippen MR) is 111 cm³/mol. The van der Waals surface area contributed by atoms with E-state index in [1.165, 1.54) is 0 Å². The van der Waals surface area contributed by atoms with Crippen molar-refractivity contribution in [2.24, 2.45) is 0 Å². The van der Waals surface area contributed by atoms with Crippen molar-refractivity contribution in [1.82, 2.24) is 4.90 Å². The molecule has 4 rings (SSSR count). The number of phenolic OH excluding ortho intramolecular Hbond substituents is 1. The molecule has 0 aliphatic carbocycles. The molecule has 3 aromatic rings. The molecule has 0 atom stereocenters. The van der Waals surface area contributed by atoms with Crippen LogP contribution in [-0.2, 0) is 13.1 Å². The molecule has 0 fully saturated rings. The third-order valence-electron chi connectivity index (χ3n) is 4.82. The van der Waals surface area contributed by atoms with Gasteiger partial charge in [0.2, 0.25) is 0 Å². The molecule has 0 saturated heterocycles. The van der Waals surface area contributed by atoms with E-state index in [0.717, 1.165) is 46.2 Å². The van der Waals surface area contributed by atoms with Crippen molar-refractivity contribution in [1.29, 1.82) is 0 Å². The van der Waals surface area contributed by atoms with Gasteiger partial charge in [0, 0.05) is 36.1 Å². The summed E-state index contributed by atoms with van der Waals surface area (Å²) in [6, 6.07) is 13.9. The summed E-state index contributed by atoms with van der Waals surface area (Å²) in [7, 11) is 3.31. The number of phenols is 1. The zero-order valence-electron chi connectivity index (χ0n) is 16.0. The zero-order chi connectivity index (χ0) is 19.5. The first-order chi connectivity index (χ1) is 13.7.